The molecule has 7 rings (SSSR count). The molecule has 0 radical (unpaired) electrons. The zero-order valence-corrected chi connectivity index (χ0v) is 25.2. The van der Waals surface area contributed by atoms with Gasteiger partial charge in [0.25, 0.3) is 0 Å². The molecule has 2 aliphatic rings. The molecule has 0 N–H and O–H groups in total. The van der Waals surface area contributed by atoms with Crippen molar-refractivity contribution in [3.63, 3.8) is 0 Å². The van der Waals surface area contributed by atoms with Gasteiger partial charge >= 0.3 is 24.7 Å². The van der Waals surface area contributed by atoms with E-state index >= 15 is 0 Å². The molecule has 2 aliphatic carbocycles. The van der Waals surface area contributed by atoms with Gasteiger partial charge in [-0.25, -0.2) is 0 Å². The van der Waals surface area contributed by atoms with E-state index in [0.29, 0.717) is 63.2 Å². The van der Waals surface area contributed by atoms with Crippen molar-refractivity contribution >= 4 is 5.71 Å². The van der Waals surface area contributed by atoms with Crippen molar-refractivity contribution in [1.29, 1.82) is 5.26 Å². The summed E-state index contributed by atoms with van der Waals surface area (Å²) in [5.41, 5.74) is -1.90. The van der Waals surface area contributed by atoms with E-state index in [1.807, 2.05) is 0 Å². The van der Waals surface area contributed by atoms with Gasteiger partial charge in [0.1, 0.15) is 0 Å². The predicted molar refractivity (Wildman–Crippen MR) is 162 cm³/mol. The summed E-state index contributed by atoms with van der Waals surface area (Å²) in [7, 11) is 0. The summed E-state index contributed by atoms with van der Waals surface area (Å²) in [6.45, 7) is 0. The summed E-state index contributed by atoms with van der Waals surface area (Å²) in [4.78, 5) is 3.92. The van der Waals surface area contributed by atoms with Gasteiger partial charge in [-0.2, -0.15) is 62.9 Å². The predicted octanol–water partition coefficient (Wildman–Crippen LogP) is 12.0. The van der Waals surface area contributed by atoms with Crippen LogP contribution in [-0.2, 0) is 31.1 Å². The van der Waals surface area contributed by atoms with E-state index in [9.17, 15) is 57.9 Å². The smallest absolute Gasteiger partial charge is 0.172 e. The van der Waals surface area contributed by atoms with Gasteiger partial charge in [0.2, 0.25) is 6.19 Å². The Hall–Kier alpha value is -5.58. The van der Waals surface area contributed by atoms with Crippen molar-refractivity contribution in [1.82, 2.24) is 0 Å². The molecule has 0 saturated heterocycles. The summed E-state index contributed by atoms with van der Waals surface area (Å²) in [5.74, 6) is 0. The van der Waals surface area contributed by atoms with Gasteiger partial charge in [-0.15, -0.1) is 0 Å². The highest BCUT2D eigenvalue weighted by molar-refractivity contribution is 6.26. The van der Waals surface area contributed by atoms with E-state index in [1.54, 1.807) is 24.4 Å². The third-order valence-corrected chi connectivity index (χ3v) is 8.84. The Morgan fingerprint density at radius 1 is 0.412 bits per heavy atom. The topological polar surface area (TPSA) is 36.1 Å². The maximum absolute atomic E-state index is 13.6. The fourth-order valence-electron chi connectivity index (χ4n) is 6.56. The van der Waals surface area contributed by atoms with Gasteiger partial charge in [-0.05, 0) is 117 Å². The second kappa shape index (κ2) is 11.2. The van der Waals surface area contributed by atoms with Crippen molar-refractivity contribution in [3.05, 3.63) is 129 Å². The molecule has 5 aromatic rings. The summed E-state index contributed by atoms with van der Waals surface area (Å²) in [5, 5.41) is 9.52. The molecule has 0 aliphatic heterocycles. The van der Waals surface area contributed by atoms with Crippen molar-refractivity contribution in [2.45, 2.75) is 31.1 Å². The van der Waals surface area contributed by atoms with Crippen LogP contribution in [0.15, 0.2) is 89.9 Å². The quantitative estimate of drug-likeness (QED) is 0.130. The van der Waals surface area contributed by atoms with Gasteiger partial charge in [0.15, 0.2) is 0 Å². The summed E-state index contributed by atoms with van der Waals surface area (Å²) in [6, 6.07) is 14.7. The van der Waals surface area contributed by atoms with Gasteiger partial charge in [0, 0.05) is 11.1 Å². The lowest BCUT2D eigenvalue weighted by atomic mass is 9.95. The molecule has 51 heavy (non-hydrogen) atoms. The highest BCUT2D eigenvalue weighted by atomic mass is 19.4. The third kappa shape index (κ3) is 6.00. The van der Waals surface area contributed by atoms with Crippen LogP contribution in [0.4, 0.5) is 52.7 Å². The maximum Gasteiger partial charge on any atom is 0.416 e. The van der Waals surface area contributed by atoms with Crippen LogP contribution >= 0.6 is 0 Å². The van der Waals surface area contributed by atoms with E-state index < -0.39 is 47.0 Å². The summed E-state index contributed by atoms with van der Waals surface area (Å²) >= 11 is 0. The number of rotatable bonds is 2. The molecular formula is C37H16F12N2. The highest BCUT2D eigenvalue weighted by Gasteiger charge is 2.39. The average Bonchev–Trinajstić information content (AvgIpc) is 3.55. The number of halogens is 12. The maximum atomic E-state index is 13.6. The van der Waals surface area contributed by atoms with Crippen molar-refractivity contribution < 1.29 is 52.7 Å². The van der Waals surface area contributed by atoms with Gasteiger partial charge in [-0.1, -0.05) is 30.3 Å². The van der Waals surface area contributed by atoms with Crippen LogP contribution in [0.3, 0.4) is 0 Å². The Balaban J connectivity index is 1.29. The molecule has 0 amide bonds. The SMILES string of the molecule is N#C/N=C1\c2cc(-c3cc(C(F)(F)F)cc(C(F)(F)F)c3)ccc2-c2cc3c(cc21)-c1ccc(-c2cc(C(F)(F)F)cc(C(F)(F)F)c2)cc1C3. The first-order chi connectivity index (χ1) is 23.7. The molecule has 0 bridgehead atoms. The van der Waals surface area contributed by atoms with Crippen molar-refractivity contribution in [3.8, 4) is 50.7 Å². The standard InChI is InChI=1S/C37H16F12N2/c38-34(39,40)23-7-19(8-24(13-23)35(41,42)43)17-1-3-27-21(5-17)6-22-12-30-28-4-2-18(11-31(28)33(51-16-50)32(30)15-29(22)27)20-9-25(36(44,45)46)14-26(10-20)37(47,48)49/h1-5,7-15H,6H2/b51-33+. The number of fused-ring (bicyclic) bond motifs is 6. The number of alkyl halides is 12. The molecule has 2 nitrogen and oxygen atoms in total. The van der Waals surface area contributed by atoms with Crippen LogP contribution in [-0.4, -0.2) is 5.71 Å². The lowest BCUT2D eigenvalue weighted by molar-refractivity contribution is -0.144. The summed E-state index contributed by atoms with van der Waals surface area (Å²) < 4.78 is 162. The fraction of sp³-hybridized carbons (Fsp3) is 0.135. The minimum atomic E-state index is -5.06. The average molecular weight is 717 g/mol. The number of hydrogen-bond acceptors (Lipinski definition) is 2. The number of nitrogens with zero attached hydrogens (tertiary/aromatic N) is 2. The fourth-order valence-corrected chi connectivity index (χ4v) is 6.56. The molecule has 0 saturated carbocycles. The third-order valence-electron chi connectivity index (χ3n) is 8.84. The largest absolute Gasteiger partial charge is 0.416 e. The summed E-state index contributed by atoms with van der Waals surface area (Å²) in [6.07, 6.45) is -18.3. The zero-order chi connectivity index (χ0) is 36.8. The normalized spacial score (nSPS) is 14.6. The lowest BCUT2D eigenvalue weighted by Crippen LogP contribution is -2.11. The Labute approximate surface area is 279 Å². The lowest BCUT2D eigenvalue weighted by Gasteiger charge is -2.15. The van der Waals surface area contributed by atoms with Gasteiger partial charge in [-0.3, -0.25) is 0 Å². The zero-order valence-electron chi connectivity index (χ0n) is 25.2. The first-order valence-electron chi connectivity index (χ1n) is 14.7. The molecule has 0 atom stereocenters. The molecule has 0 heterocycles. The van der Waals surface area contributed by atoms with E-state index in [4.69, 9.17) is 0 Å². The van der Waals surface area contributed by atoms with Crippen LogP contribution in [0.2, 0.25) is 0 Å². The van der Waals surface area contributed by atoms with E-state index in [2.05, 4.69) is 4.99 Å². The minimum absolute atomic E-state index is 0.0116. The van der Waals surface area contributed by atoms with Gasteiger partial charge in [0.05, 0.1) is 28.0 Å². The Kier molecular flexibility index (Phi) is 7.45. The molecule has 14 heteroatoms. The van der Waals surface area contributed by atoms with Crippen molar-refractivity contribution in [2.24, 2.45) is 4.99 Å². The second-order valence-corrected chi connectivity index (χ2v) is 12.0. The molecule has 0 spiro atoms. The number of hydrogen-bond donors (Lipinski definition) is 0. The number of nitriles is 1. The molecule has 0 fully saturated rings. The first kappa shape index (κ1) is 33.9. The molecule has 0 aromatic heterocycles. The van der Waals surface area contributed by atoms with Crippen LogP contribution in [0.5, 0.6) is 0 Å². The Morgan fingerprint density at radius 2 is 0.843 bits per heavy atom. The molecule has 0 unspecified atom stereocenters. The van der Waals surface area contributed by atoms with E-state index in [1.165, 1.54) is 30.3 Å². The Morgan fingerprint density at radius 3 is 1.31 bits per heavy atom. The number of benzene rings is 5. The van der Waals surface area contributed by atoms with Crippen LogP contribution in [0.1, 0.15) is 44.5 Å². The van der Waals surface area contributed by atoms with Crippen molar-refractivity contribution in [2.75, 3.05) is 0 Å². The van der Waals surface area contributed by atoms with Crippen LogP contribution < -0.4 is 0 Å². The molecule has 258 valence electrons. The first-order valence-corrected chi connectivity index (χ1v) is 14.7. The van der Waals surface area contributed by atoms with Crippen LogP contribution in [0, 0.1) is 11.5 Å². The van der Waals surface area contributed by atoms with E-state index in [0.717, 1.165) is 5.56 Å². The molecule has 5 aromatic carbocycles. The minimum Gasteiger partial charge on any atom is -0.172 e. The van der Waals surface area contributed by atoms with E-state index in [-0.39, 0.29) is 46.5 Å². The monoisotopic (exact) mass is 716 g/mol. The van der Waals surface area contributed by atoms with Crippen LogP contribution in [0.25, 0.3) is 44.5 Å². The Bertz CT molecular complexity index is 2290. The second-order valence-electron chi connectivity index (χ2n) is 12.0. The highest BCUT2D eigenvalue weighted by Crippen LogP contribution is 2.48. The van der Waals surface area contributed by atoms with Gasteiger partial charge < -0.3 is 0 Å². The number of aliphatic imine (C=N–C) groups is 1. The molecular weight excluding hydrogens is 700 g/mol.